The van der Waals surface area contributed by atoms with Crippen LogP contribution in [0.25, 0.3) is 10.8 Å². The van der Waals surface area contributed by atoms with Crippen LogP contribution in [-0.2, 0) is 4.74 Å². The maximum atomic E-state index is 10.2. The van der Waals surface area contributed by atoms with Crippen LogP contribution in [0.4, 0.5) is 0 Å². The van der Waals surface area contributed by atoms with E-state index in [0.717, 1.165) is 23.9 Å². The first-order chi connectivity index (χ1) is 10.3. The molecular formula is C17H23NO3. The van der Waals surface area contributed by atoms with E-state index in [0.29, 0.717) is 19.8 Å². The highest BCUT2D eigenvalue weighted by atomic mass is 16.5. The fourth-order valence-corrected chi connectivity index (χ4v) is 2.24. The number of aliphatic hydroxyl groups is 2. The van der Waals surface area contributed by atoms with Gasteiger partial charge in [0.1, 0.15) is 0 Å². The quantitative estimate of drug-likeness (QED) is 0.617. The zero-order valence-corrected chi connectivity index (χ0v) is 12.2. The fraction of sp³-hybridized carbons (Fsp3) is 0.412. The topological polar surface area (TPSA) is 61.7 Å². The molecule has 0 fully saturated rings. The van der Waals surface area contributed by atoms with E-state index in [9.17, 15) is 5.11 Å². The molecule has 4 heteroatoms. The molecule has 3 N–H and O–H groups in total. The maximum Gasteiger partial charge on any atom is 0.0914 e. The van der Waals surface area contributed by atoms with Gasteiger partial charge in [0.05, 0.1) is 19.3 Å². The Labute approximate surface area is 125 Å². The van der Waals surface area contributed by atoms with Crippen molar-refractivity contribution >= 4 is 10.8 Å². The third-order valence-electron chi connectivity index (χ3n) is 3.37. The Morgan fingerprint density at radius 1 is 1.05 bits per heavy atom. The summed E-state index contributed by atoms with van der Waals surface area (Å²) in [6, 6.07) is 14.2. The van der Waals surface area contributed by atoms with Gasteiger partial charge in [-0.15, -0.1) is 0 Å². The van der Waals surface area contributed by atoms with Gasteiger partial charge >= 0.3 is 0 Å². The number of hydrogen-bond donors (Lipinski definition) is 3. The molecule has 4 nitrogen and oxygen atoms in total. The van der Waals surface area contributed by atoms with E-state index in [2.05, 4.69) is 17.4 Å². The largest absolute Gasteiger partial charge is 0.394 e. The van der Waals surface area contributed by atoms with Crippen LogP contribution >= 0.6 is 0 Å². The molecule has 2 aromatic carbocycles. The Morgan fingerprint density at radius 2 is 1.86 bits per heavy atom. The summed E-state index contributed by atoms with van der Waals surface area (Å²) >= 11 is 0. The summed E-state index contributed by atoms with van der Waals surface area (Å²) in [4.78, 5) is 0. The van der Waals surface area contributed by atoms with Crippen molar-refractivity contribution in [2.24, 2.45) is 0 Å². The molecule has 0 radical (unpaired) electrons. The molecule has 21 heavy (non-hydrogen) atoms. The first kappa shape index (κ1) is 15.9. The Kier molecular flexibility index (Phi) is 6.63. The summed E-state index contributed by atoms with van der Waals surface area (Å²) < 4.78 is 5.17. The average Bonchev–Trinajstić information content (AvgIpc) is 2.53. The lowest BCUT2D eigenvalue weighted by atomic mass is 10.0. The number of aliphatic hydroxyl groups excluding tert-OH is 2. The molecule has 0 heterocycles. The molecular weight excluding hydrogens is 266 g/mol. The summed E-state index contributed by atoms with van der Waals surface area (Å²) in [6.45, 7) is 2.39. The van der Waals surface area contributed by atoms with E-state index < -0.39 is 6.10 Å². The van der Waals surface area contributed by atoms with Crippen LogP contribution in [0.3, 0.4) is 0 Å². The van der Waals surface area contributed by atoms with Gasteiger partial charge in [0, 0.05) is 13.2 Å². The molecule has 2 rings (SSSR count). The first-order valence-corrected chi connectivity index (χ1v) is 7.37. The van der Waals surface area contributed by atoms with Gasteiger partial charge in [-0.25, -0.2) is 0 Å². The van der Waals surface area contributed by atoms with Crippen LogP contribution in [0, 0.1) is 0 Å². The molecule has 0 aliphatic rings. The minimum absolute atomic E-state index is 0.0636. The highest BCUT2D eigenvalue weighted by Crippen LogP contribution is 2.19. The summed E-state index contributed by atoms with van der Waals surface area (Å²) in [5.41, 5.74) is 0.928. The van der Waals surface area contributed by atoms with Crippen molar-refractivity contribution in [3.63, 3.8) is 0 Å². The van der Waals surface area contributed by atoms with E-state index in [1.54, 1.807) is 0 Å². The standard InChI is InChI=1S/C17H23NO3/c19-9-11-21-10-3-8-18-13-17(20)16-7-6-14-4-1-2-5-15(14)12-16/h1-2,4-7,12,17-20H,3,8-11,13H2. The molecule has 1 atom stereocenters. The number of benzene rings is 2. The molecule has 0 bridgehead atoms. The third-order valence-corrected chi connectivity index (χ3v) is 3.37. The lowest BCUT2D eigenvalue weighted by Crippen LogP contribution is -2.23. The van der Waals surface area contributed by atoms with Crippen molar-refractivity contribution in [2.45, 2.75) is 12.5 Å². The Balaban J connectivity index is 1.75. The van der Waals surface area contributed by atoms with Crippen molar-refractivity contribution < 1.29 is 14.9 Å². The zero-order chi connectivity index (χ0) is 14.9. The normalized spacial score (nSPS) is 12.7. The van der Waals surface area contributed by atoms with Gasteiger partial charge in [-0.2, -0.15) is 0 Å². The lowest BCUT2D eigenvalue weighted by Gasteiger charge is -2.13. The van der Waals surface area contributed by atoms with Crippen LogP contribution in [0.15, 0.2) is 42.5 Å². The predicted molar refractivity (Wildman–Crippen MR) is 84.3 cm³/mol. The van der Waals surface area contributed by atoms with Crippen molar-refractivity contribution in [1.29, 1.82) is 0 Å². The van der Waals surface area contributed by atoms with Gasteiger partial charge in [0.25, 0.3) is 0 Å². The second-order valence-electron chi connectivity index (χ2n) is 5.02. The minimum atomic E-state index is -0.507. The predicted octanol–water partition coefficient (Wildman–Crippen LogP) is 1.86. The molecule has 2 aromatic rings. The number of fused-ring (bicyclic) bond motifs is 1. The molecule has 1 unspecified atom stereocenters. The highest BCUT2D eigenvalue weighted by Gasteiger charge is 2.07. The summed E-state index contributed by atoms with van der Waals surface area (Å²) in [7, 11) is 0. The van der Waals surface area contributed by atoms with Crippen LogP contribution in [0.2, 0.25) is 0 Å². The SMILES string of the molecule is OCCOCCCNCC(O)c1ccc2ccccc2c1. The first-order valence-electron chi connectivity index (χ1n) is 7.37. The van der Waals surface area contributed by atoms with E-state index in [1.807, 2.05) is 30.3 Å². The molecule has 0 aliphatic heterocycles. The van der Waals surface area contributed by atoms with Gasteiger partial charge < -0.3 is 20.3 Å². The Bertz CT molecular complexity index is 544. The summed E-state index contributed by atoms with van der Waals surface area (Å²) in [5.74, 6) is 0. The number of rotatable bonds is 9. The smallest absolute Gasteiger partial charge is 0.0914 e. The number of nitrogens with one attached hydrogen (secondary N) is 1. The highest BCUT2D eigenvalue weighted by molar-refractivity contribution is 5.83. The lowest BCUT2D eigenvalue weighted by molar-refractivity contribution is 0.0899. The number of hydrogen-bond acceptors (Lipinski definition) is 4. The van der Waals surface area contributed by atoms with Crippen LogP contribution < -0.4 is 5.32 Å². The third kappa shape index (κ3) is 5.10. The van der Waals surface area contributed by atoms with E-state index in [1.165, 1.54) is 5.39 Å². The minimum Gasteiger partial charge on any atom is -0.394 e. The Morgan fingerprint density at radius 3 is 2.67 bits per heavy atom. The van der Waals surface area contributed by atoms with Crippen LogP contribution in [0.5, 0.6) is 0 Å². The monoisotopic (exact) mass is 289 g/mol. The van der Waals surface area contributed by atoms with E-state index in [4.69, 9.17) is 9.84 Å². The van der Waals surface area contributed by atoms with Crippen LogP contribution in [0.1, 0.15) is 18.1 Å². The fourth-order valence-electron chi connectivity index (χ4n) is 2.24. The molecule has 0 aromatic heterocycles. The molecule has 114 valence electrons. The average molecular weight is 289 g/mol. The van der Waals surface area contributed by atoms with E-state index in [-0.39, 0.29) is 6.61 Å². The molecule has 0 spiro atoms. The summed E-state index contributed by atoms with van der Waals surface area (Å²) in [6.07, 6.45) is 0.359. The number of ether oxygens (including phenoxy) is 1. The van der Waals surface area contributed by atoms with Gasteiger partial charge in [-0.3, -0.25) is 0 Å². The second kappa shape index (κ2) is 8.74. The Hall–Kier alpha value is -1.46. The van der Waals surface area contributed by atoms with Gasteiger partial charge in [0.2, 0.25) is 0 Å². The van der Waals surface area contributed by atoms with E-state index >= 15 is 0 Å². The van der Waals surface area contributed by atoms with Crippen molar-refractivity contribution in [3.05, 3.63) is 48.0 Å². The van der Waals surface area contributed by atoms with Crippen molar-refractivity contribution in [1.82, 2.24) is 5.32 Å². The zero-order valence-electron chi connectivity index (χ0n) is 12.2. The van der Waals surface area contributed by atoms with Crippen molar-refractivity contribution in [2.75, 3.05) is 32.9 Å². The molecule has 0 amide bonds. The van der Waals surface area contributed by atoms with Gasteiger partial charge in [0.15, 0.2) is 0 Å². The van der Waals surface area contributed by atoms with Gasteiger partial charge in [-0.1, -0.05) is 36.4 Å². The van der Waals surface area contributed by atoms with Crippen molar-refractivity contribution in [3.8, 4) is 0 Å². The molecule has 0 saturated heterocycles. The van der Waals surface area contributed by atoms with Crippen LogP contribution in [-0.4, -0.2) is 43.1 Å². The van der Waals surface area contributed by atoms with Gasteiger partial charge in [-0.05, 0) is 35.4 Å². The molecule has 0 saturated carbocycles. The summed E-state index contributed by atoms with van der Waals surface area (Å²) in [5, 5.41) is 24.3. The molecule has 0 aliphatic carbocycles. The maximum absolute atomic E-state index is 10.2. The second-order valence-corrected chi connectivity index (χ2v) is 5.02.